The maximum absolute atomic E-state index is 5.76. The second-order valence-electron chi connectivity index (χ2n) is 4.04. The van der Waals surface area contributed by atoms with E-state index < -0.39 is 0 Å². The van der Waals surface area contributed by atoms with Gasteiger partial charge in [-0.1, -0.05) is 20.8 Å². The molecule has 3 nitrogen and oxygen atoms in total. The summed E-state index contributed by atoms with van der Waals surface area (Å²) in [6.45, 7) is 7.57. The molecular weight excluding hydrogens is 174 g/mol. The van der Waals surface area contributed by atoms with Crippen LogP contribution in [0.15, 0.2) is 18.3 Å². The highest BCUT2D eigenvalue weighted by molar-refractivity contribution is 5.60. The summed E-state index contributed by atoms with van der Waals surface area (Å²) in [5.74, 6) is 2.09. The Bertz CT molecular complexity index is 284. The molecule has 3 heteroatoms. The van der Waals surface area contributed by atoms with Crippen LogP contribution in [-0.2, 0) is 0 Å². The molecule has 0 bridgehead atoms. The average Bonchev–Trinajstić information content (AvgIpc) is 2.16. The van der Waals surface area contributed by atoms with E-state index in [0.717, 1.165) is 12.4 Å². The van der Waals surface area contributed by atoms with Gasteiger partial charge in [0, 0.05) is 12.7 Å². The summed E-state index contributed by atoms with van der Waals surface area (Å²) in [4.78, 5) is 4.17. The van der Waals surface area contributed by atoms with Crippen LogP contribution < -0.4 is 11.1 Å². The fraction of sp³-hybridized carbons (Fsp3) is 0.545. The average molecular weight is 193 g/mol. The normalized spacial score (nSPS) is 12.9. The quantitative estimate of drug-likeness (QED) is 0.771. The molecule has 0 amide bonds. The molecule has 1 aromatic rings. The molecule has 1 rings (SSSR count). The SMILES string of the molecule is CC(C)C(C)CNc1ncccc1N. The smallest absolute Gasteiger partial charge is 0.149 e. The molecule has 1 unspecified atom stereocenters. The van der Waals surface area contributed by atoms with Gasteiger partial charge < -0.3 is 11.1 Å². The van der Waals surface area contributed by atoms with Crippen molar-refractivity contribution in [1.29, 1.82) is 0 Å². The van der Waals surface area contributed by atoms with Crippen molar-refractivity contribution in [1.82, 2.24) is 4.98 Å². The summed E-state index contributed by atoms with van der Waals surface area (Å²) in [6, 6.07) is 3.70. The Morgan fingerprint density at radius 3 is 2.71 bits per heavy atom. The van der Waals surface area contributed by atoms with Crippen LogP contribution in [-0.4, -0.2) is 11.5 Å². The third kappa shape index (κ3) is 2.91. The maximum atomic E-state index is 5.76. The lowest BCUT2D eigenvalue weighted by molar-refractivity contribution is 0.439. The molecule has 0 aliphatic heterocycles. The molecule has 0 fully saturated rings. The first-order valence-electron chi connectivity index (χ1n) is 5.05. The van der Waals surface area contributed by atoms with Crippen LogP contribution in [0.1, 0.15) is 20.8 Å². The predicted molar refractivity (Wildman–Crippen MR) is 61.1 cm³/mol. The summed E-state index contributed by atoms with van der Waals surface area (Å²) in [5.41, 5.74) is 6.47. The van der Waals surface area contributed by atoms with Crippen molar-refractivity contribution in [3.05, 3.63) is 18.3 Å². The lowest BCUT2D eigenvalue weighted by atomic mass is 9.98. The molecule has 0 aromatic carbocycles. The Balaban J connectivity index is 2.50. The third-order valence-electron chi connectivity index (χ3n) is 2.57. The molecule has 0 saturated heterocycles. The lowest BCUT2D eigenvalue weighted by Gasteiger charge is -2.16. The highest BCUT2D eigenvalue weighted by Crippen LogP contribution is 2.15. The van der Waals surface area contributed by atoms with E-state index in [2.05, 4.69) is 31.1 Å². The first-order valence-corrected chi connectivity index (χ1v) is 5.05. The number of pyridine rings is 1. The van der Waals surface area contributed by atoms with Gasteiger partial charge in [0.15, 0.2) is 0 Å². The Morgan fingerprint density at radius 2 is 2.14 bits per heavy atom. The zero-order chi connectivity index (χ0) is 10.6. The predicted octanol–water partition coefficient (Wildman–Crippen LogP) is 2.37. The van der Waals surface area contributed by atoms with E-state index in [1.807, 2.05) is 12.1 Å². The van der Waals surface area contributed by atoms with Crippen molar-refractivity contribution in [2.75, 3.05) is 17.6 Å². The molecule has 0 saturated carbocycles. The molecule has 0 aliphatic carbocycles. The molecule has 1 heterocycles. The van der Waals surface area contributed by atoms with Gasteiger partial charge in [0.25, 0.3) is 0 Å². The standard InChI is InChI=1S/C11H19N3/c1-8(2)9(3)7-14-11-10(12)5-4-6-13-11/h4-6,8-9H,7,12H2,1-3H3,(H,13,14). The first kappa shape index (κ1) is 10.8. The monoisotopic (exact) mass is 193 g/mol. The van der Waals surface area contributed by atoms with Crippen molar-refractivity contribution in [3.8, 4) is 0 Å². The van der Waals surface area contributed by atoms with Gasteiger partial charge >= 0.3 is 0 Å². The van der Waals surface area contributed by atoms with E-state index in [-0.39, 0.29) is 0 Å². The van der Waals surface area contributed by atoms with Crippen molar-refractivity contribution in [2.24, 2.45) is 11.8 Å². The van der Waals surface area contributed by atoms with Crippen molar-refractivity contribution in [3.63, 3.8) is 0 Å². The van der Waals surface area contributed by atoms with Gasteiger partial charge in [-0.3, -0.25) is 0 Å². The Morgan fingerprint density at radius 1 is 1.43 bits per heavy atom. The van der Waals surface area contributed by atoms with Gasteiger partial charge in [-0.05, 0) is 24.0 Å². The minimum atomic E-state index is 0.622. The van der Waals surface area contributed by atoms with E-state index >= 15 is 0 Å². The molecule has 78 valence electrons. The highest BCUT2D eigenvalue weighted by atomic mass is 15.0. The number of nitrogens with zero attached hydrogens (tertiary/aromatic N) is 1. The molecular formula is C11H19N3. The van der Waals surface area contributed by atoms with Crippen LogP contribution in [0, 0.1) is 11.8 Å². The Kier molecular flexibility index (Phi) is 3.74. The molecule has 0 spiro atoms. The first-order chi connectivity index (χ1) is 6.61. The van der Waals surface area contributed by atoms with Gasteiger partial charge in [-0.2, -0.15) is 0 Å². The molecule has 0 aliphatic rings. The number of nitrogens with two attached hydrogens (primary N) is 1. The highest BCUT2D eigenvalue weighted by Gasteiger charge is 2.07. The maximum Gasteiger partial charge on any atom is 0.149 e. The number of nitrogens with one attached hydrogen (secondary N) is 1. The molecule has 0 radical (unpaired) electrons. The number of hydrogen-bond donors (Lipinski definition) is 2. The largest absolute Gasteiger partial charge is 0.396 e. The van der Waals surface area contributed by atoms with Crippen molar-refractivity contribution >= 4 is 11.5 Å². The number of nitrogen functional groups attached to an aromatic ring is 1. The lowest BCUT2D eigenvalue weighted by Crippen LogP contribution is -2.17. The van der Waals surface area contributed by atoms with Gasteiger partial charge in [-0.15, -0.1) is 0 Å². The topological polar surface area (TPSA) is 50.9 Å². The van der Waals surface area contributed by atoms with Crippen molar-refractivity contribution < 1.29 is 0 Å². The van der Waals surface area contributed by atoms with Gasteiger partial charge in [-0.25, -0.2) is 4.98 Å². The van der Waals surface area contributed by atoms with E-state index in [4.69, 9.17) is 5.73 Å². The fourth-order valence-electron chi connectivity index (χ4n) is 1.06. The molecule has 1 aromatic heterocycles. The van der Waals surface area contributed by atoms with Gasteiger partial charge in [0.2, 0.25) is 0 Å². The van der Waals surface area contributed by atoms with Crippen LogP contribution in [0.2, 0.25) is 0 Å². The minimum absolute atomic E-state index is 0.622. The van der Waals surface area contributed by atoms with Crippen LogP contribution in [0.4, 0.5) is 11.5 Å². The fourth-order valence-corrected chi connectivity index (χ4v) is 1.06. The summed E-state index contributed by atoms with van der Waals surface area (Å²) in [7, 11) is 0. The molecule has 3 N–H and O–H groups in total. The second-order valence-corrected chi connectivity index (χ2v) is 4.04. The van der Waals surface area contributed by atoms with E-state index in [1.54, 1.807) is 6.20 Å². The van der Waals surface area contributed by atoms with Crippen molar-refractivity contribution in [2.45, 2.75) is 20.8 Å². The Labute approximate surface area is 85.7 Å². The van der Waals surface area contributed by atoms with E-state index in [0.29, 0.717) is 17.5 Å². The van der Waals surface area contributed by atoms with Crippen LogP contribution >= 0.6 is 0 Å². The van der Waals surface area contributed by atoms with Crippen LogP contribution in [0.5, 0.6) is 0 Å². The zero-order valence-electron chi connectivity index (χ0n) is 9.12. The summed E-state index contributed by atoms with van der Waals surface area (Å²) in [5, 5.41) is 3.26. The number of rotatable bonds is 4. The second kappa shape index (κ2) is 4.84. The summed E-state index contributed by atoms with van der Waals surface area (Å²) in [6.07, 6.45) is 1.75. The third-order valence-corrected chi connectivity index (χ3v) is 2.57. The number of hydrogen-bond acceptors (Lipinski definition) is 3. The van der Waals surface area contributed by atoms with E-state index in [1.165, 1.54) is 0 Å². The van der Waals surface area contributed by atoms with Crippen LogP contribution in [0.3, 0.4) is 0 Å². The minimum Gasteiger partial charge on any atom is -0.396 e. The number of anilines is 2. The molecule has 14 heavy (non-hydrogen) atoms. The van der Waals surface area contributed by atoms with Crippen LogP contribution in [0.25, 0.3) is 0 Å². The summed E-state index contributed by atoms with van der Waals surface area (Å²) >= 11 is 0. The molecule has 1 atom stereocenters. The van der Waals surface area contributed by atoms with Gasteiger partial charge in [0.1, 0.15) is 5.82 Å². The van der Waals surface area contributed by atoms with Gasteiger partial charge in [0.05, 0.1) is 5.69 Å². The summed E-state index contributed by atoms with van der Waals surface area (Å²) < 4.78 is 0. The number of aromatic nitrogens is 1. The van der Waals surface area contributed by atoms with E-state index in [9.17, 15) is 0 Å². The Hall–Kier alpha value is -1.25. The zero-order valence-corrected chi connectivity index (χ0v) is 9.12.